The third-order valence-electron chi connectivity index (χ3n) is 3.18. The lowest BCUT2D eigenvalue weighted by atomic mass is 10.2. The lowest BCUT2D eigenvalue weighted by Gasteiger charge is -2.15. The minimum atomic E-state index is 0.334. The predicted octanol–water partition coefficient (Wildman–Crippen LogP) is 2.98. The number of anilines is 2. The van der Waals surface area contributed by atoms with Crippen LogP contribution in [0.3, 0.4) is 0 Å². The zero-order chi connectivity index (χ0) is 14.0. The van der Waals surface area contributed by atoms with Crippen molar-refractivity contribution in [3.63, 3.8) is 0 Å². The summed E-state index contributed by atoms with van der Waals surface area (Å²) in [4.78, 5) is 2.75. The summed E-state index contributed by atoms with van der Waals surface area (Å²) >= 11 is 1.85. The van der Waals surface area contributed by atoms with Crippen molar-refractivity contribution in [3.8, 4) is 0 Å². The molecule has 0 aromatic carbocycles. The number of aryl methyl sites for hydroxylation is 3. The Labute approximate surface area is 118 Å². The second kappa shape index (κ2) is 5.65. The van der Waals surface area contributed by atoms with E-state index < -0.39 is 0 Å². The normalized spacial score (nSPS) is 12.6. The highest BCUT2D eigenvalue weighted by molar-refractivity contribution is 7.11. The van der Waals surface area contributed by atoms with Gasteiger partial charge in [-0.3, -0.25) is 4.68 Å². The van der Waals surface area contributed by atoms with Crippen molar-refractivity contribution >= 4 is 22.8 Å². The maximum atomic E-state index is 6.12. The molecule has 3 N–H and O–H groups in total. The summed E-state index contributed by atoms with van der Waals surface area (Å²) < 4.78 is 1.84. The molecule has 2 heterocycles. The van der Waals surface area contributed by atoms with E-state index in [0.29, 0.717) is 6.04 Å². The lowest BCUT2D eigenvalue weighted by Crippen LogP contribution is -2.20. The highest BCUT2D eigenvalue weighted by Gasteiger charge is 2.14. The summed E-state index contributed by atoms with van der Waals surface area (Å²) in [5, 5.41) is 7.90. The van der Waals surface area contributed by atoms with Crippen molar-refractivity contribution in [2.24, 2.45) is 7.05 Å². The van der Waals surface area contributed by atoms with Gasteiger partial charge in [-0.25, -0.2) is 0 Å². The van der Waals surface area contributed by atoms with Crippen LogP contribution in [-0.4, -0.2) is 15.8 Å². The molecule has 1 unspecified atom stereocenters. The Kier molecular flexibility index (Phi) is 4.14. The molecule has 2 aromatic rings. The summed E-state index contributed by atoms with van der Waals surface area (Å²) in [5.41, 5.74) is 7.86. The molecular weight excluding hydrogens is 256 g/mol. The lowest BCUT2D eigenvalue weighted by molar-refractivity contribution is 0.722. The molecule has 1 atom stereocenters. The average molecular weight is 278 g/mol. The van der Waals surface area contributed by atoms with Gasteiger partial charge in [0, 0.05) is 29.3 Å². The third-order valence-corrected chi connectivity index (χ3v) is 4.20. The molecule has 19 heavy (non-hydrogen) atoms. The first-order valence-corrected chi connectivity index (χ1v) is 7.46. The van der Waals surface area contributed by atoms with Gasteiger partial charge in [0.1, 0.15) is 5.82 Å². The second-order valence-corrected chi connectivity index (χ2v) is 6.32. The molecule has 0 aliphatic heterocycles. The Balaban J connectivity index is 2.06. The average Bonchev–Trinajstić information content (AvgIpc) is 2.87. The number of nitrogen functional groups attached to an aromatic ring is 1. The van der Waals surface area contributed by atoms with Crippen LogP contribution in [0.25, 0.3) is 0 Å². The number of rotatable bonds is 5. The quantitative estimate of drug-likeness (QED) is 0.884. The van der Waals surface area contributed by atoms with E-state index in [0.717, 1.165) is 30.0 Å². The van der Waals surface area contributed by atoms with Gasteiger partial charge < -0.3 is 11.1 Å². The molecular formula is C14H22N4S. The largest absolute Gasteiger partial charge is 0.394 e. The van der Waals surface area contributed by atoms with Crippen LogP contribution < -0.4 is 11.1 Å². The molecule has 0 fully saturated rings. The molecule has 0 bridgehead atoms. The van der Waals surface area contributed by atoms with Gasteiger partial charge in [0.15, 0.2) is 0 Å². The van der Waals surface area contributed by atoms with Crippen LogP contribution >= 0.6 is 11.3 Å². The molecule has 0 spiro atoms. The van der Waals surface area contributed by atoms with Crippen LogP contribution in [0.1, 0.15) is 29.3 Å². The Morgan fingerprint density at radius 1 is 1.47 bits per heavy atom. The summed E-state index contributed by atoms with van der Waals surface area (Å²) in [6, 6.07) is 4.70. The van der Waals surface area contributed by atoms with Gasteiger partial charge in [0.25, 0.3) is 0 Å². The van der Waals surface area contributed by atoms with Gasteiger partial charge in [-0.05, 0) is 32.4 Å². The van der Waals surface area contributed by atoms with Crippen molar-refractivity contribution < 1.29 is 0 Å². The van der Waals surface area contributed by atoms with Gasteiger partial charge in [-0.2, -0.15) is 5.10 Å². The summed E-state index contributed by atoms with van der Waals surface area (Å²) in [6.45, 7) is 6.38. The monoisotopic (exact) mass is 278 g/mol. The molecule has 5 heteroatoms. The van der Waals surface area contributed by atoms with Crippen molar-refractivity contribution in [1.82, 2.24) is 9.78 Å². The summed E-state index contributed by atoms with van der Waals surface area (Å²) in [7, 11) is 1.93. The minimum Gasteiger partial charge on any atom is -0.394 e. The fourth-order valence-corrected chi connectivity index (χ4v) is 3.23. The standard InChI is InChI=1S/C14H22N4S/c1-5-12-13(15)14(18(4)17-12)16-9(2)8-11-7-6-10(3)19-11/h6-7,9,16H,5,8,15H2,1-4H3. The number of thiophene rings is 1. The molecule has 2 rings (SSSR count). The highest BCUT2D eigenvalue weighted by Crippen LogP contribution is 2.24. The Bertz CT molecular complexity index is 556. The van der Waals surface area contributed by atoms with E-state index in [1.165, 1.54) is 9.75 Å². The first kappa shape index (κ1) is 13.9. The molecule has 0 amide bonds. The van der Waals surface area contributed by atoms with Gasteiger partial charge in [-0.15, -0.1) is 11.3 Å². The minimum absolute atomic E-state index is 0.334. The van der Waals surface area contributed by atoms with Crippen molar-refractivity contribution in [2.75, 3.05) is 11.1 Å². The molecule has 4 nitrogen and oxygen atoms in total. The van der Waals surface area contributed by atoms with Crippen molar-refractivity contribution in [2.45, 2.75) is 39.7 Å². The maximum Gasteiger partial charge on any atom is 0.147 e. The Morgan fingerprint density at radius 2 is 2.21 bits per heavy atom. The van der Waals surface area contributed by atoms with E-state index in [9.17, 15) is 0 Å². The predicted molar refractivity (Wildman–Crippen MR) is 82.8 cm³/mol. The van der Waals surface area contributed by atoms with Gasteiger partial charge in [-0.1, -0.05) is 6.92 Å². The van der Waals surface area contributed by atoms with E-state index >= 15 is 0 Å². The van der Waals surface area contributed by atoms with Crippen LogP contribution in [-0.2, 0) is 19.9 Å². The molecule has 2 aromatic heterocycles. The maximum absolute atomic E-state index is 6.12. The fraction of sp³-hybridized carbons (Fsp3) is 0.500. The molecule has 0 radical (unpaired) electrons. The van der Waals surface area contributed by atoms with E-state index in [2.05, 4.69) is 43.3 Å². The molecule has 0 saturated heterocycles. The van der Waals surface area contributed by atoms with E-state index in [4.69, 9.17) is 5.73 Å². The number of aromatic nitrogens is 2. The van der Waals surface area contributed by atoms with Crippen molar-refractivity contribution in [3.05, 3.63) is 27.6 Å². The highest BCUT2D eigenvalue weighted by atomic mass is 32.1. The number of nitrogens with two attached hydrogens (primary N) is 1. The number of nitrogens with one attached hydrogen (secondary N) is 1. The first-order valence-electron chi connectivity index (χ1n) is 6.64. The third kappa shape index (κ3) is 3.10. The molecule has 0 aliphatic rings. The number of hydrogen-bond acceptors (Lipinski definition) is 4. The molecule has 0 aliphatic carbocycles. The first-order chi connectivity index (χ1) is 9.01. The smallest absolute Gasteiger partial charge is 0.147 e. The second-order valence-electron chi connectivity index (χ2n) is 4.95. The summed E-state index contributed by atoms with van der Waals surface area (Å²) in [5.74, 6) is 0.928. The fourth-order valence-electron chi connectivity index (χ4n) is 2.21. The van der Waals surface area contributed by atoms with E-state index in [1.807, 2.05) is 23.1 Å². The van der Waals surface area contributed by atoms with Crippen LogP contribution in [0.4, 0.5) is 11.5 Å². The zero-order valence-electron chi connectivity index (χ0n) is 12.0. The topological polar surface area (TPSA) is 55.9 Å². The van der Waals surface area contributed by atoms with Gasteiger partial charge in [0.05, 0.1) is 11.4 Å². The Morgan fingerprint density at radius 3 is 2.74 bits per heavy atom. The van der Waals surface area contributed by atoms with E-state index in [-0.39, 0.29) is 0 Å². The van der Waals surface area contributed by atoms with Crippen LogP contribution in [0.2, 0.25) is 0 Å². The number of nitrogens with zero attached hydrogens (tertiary/aromatic N) is 2. The zero-order valence-corrected chi connectivity index (χ0v) is 12.8. The van der Waals surface area contributed by atoms with Crippen LogP contribution in [0, 0.1) is 6.92 Å². The summed E-state index contributed by atoms with van der Waals surface area (Å²) in [6.07, 6.45) is 1.87. The molecule has 104 valence electrons. The molecule has 0 saturated carbocycles. The van der Waals surface area contributed by atoms with Crippen LogP contribution in [0.15, 0.2) is 12.1 Å². The van der Waals surface area contributed by atoms with Crippen molar-refractivity contribution in [1.29, 1.82) is 0 Å². The Hall–Kier alpha value is -1.49. The van der Waals surface area contributed by atoms with Crippen LogP contribution in [0.5, 0.6) is 0 Å². The van der Waals surface area contributed by atoms with Gasteiger partial charge >= 0.3 is 0 Å². The number of hydrogen-bond donors (Lipinski definition) is 2. The van der Waals surface area contributed by atoms with E-state index in [1.54, 1.807) is 0 Å². The SMILES string of the molecule is CCc1nn(C)c(NC(C)Cc2ccc(C)s2)c1N. The van der Waals surface area contributed by atoms with Gasteiger partial charge in [0.2, 0.25) is 0 Å².